The van der Waals surface area contributed by atoms with Crippen molar-refractivity contribution in [2.75, 3.05) is 37.4 Å². The molecule has 1 unspecified atom stereocenters. The quantitative estimate of drug-likeness (QED) is 0.666. The molecule has 0 radical (unpaired) electrons. The van der Waals surface area contributed by atoms with Gasteiger partial charge in [0, 0.05) is 31.3 Å². The standard InChI is InChI=1S/C18H28N2O3/c1-3-23-18(21)12-14-6-4-5-10-20(11-9-14)16-8-7-15(19)13-17(16)22-2/h7-8,13-14H,3-6,9-12,19H2,1-2H3. The van der Waals surface area contributed by atoms with Gasteiger partial charge in [-0.1, -0.05) is 6.42 Å². The highest BCUT2D eigenvalue weighted by Crippen LogP contribution is 2.32. The second-order valence-corrected chi connectivity index (χ2v) is 6.08. The number of anilines is 2. The Labute approximate surface area is 138 Å². The number of hydrogen-bond donors (Lipinski definition) is 1. The normalized spacial score (nSPS) is 18.9. The van der Waals surface area contributed by atoms with Crippen LogP contribution in [0.4, 0.5) is 11.4 Å². The number of ether oxygens (including phenoxy) is 2. The maximum Gasteiger partial charge on any atom is 0.306 e. The van der Waals surface area contributed by atoms with E-state index >= 15 is 0 Å². The average molecular weight is 320 g/mol. The monoisotopic (exact) mass is 320 g/mol. The minimum Gasteiger partial charge on any atom is -0.495 e. The summed E-state index contributed by atoms with van der Waals surface area (Å²) in [7, 11) is 1.67. The fourth-order valence-corrected chi connectivity index (χ4v) is 3.19. The van der Waals surface area contributed by atoms with E-state index in [1.165, 1.54) is 0 Å². The number of nitrogens with two attached hydrogens (primary N) is 1. The summed E-state index contributed by atoms with van der Waals surface area (Å²) in [5.74, 6) is 1.14. The van der Waals surface area contributed by atoms with E-state index in [1.54, 1.807) is 7.11 Å². The zero-order chi connectivity index (χ0) is 16.7. The molecule has 0 spiro atoms. The van der Waals surface area contributed by atoms with Gasteiger partial charge in [-0.15, -0.1) is 0 Å². The number of nitrogens with zero attached hydrogens (tertiary/aromatic N) is 1. The van der Waals surface area contributed by atoms with Crippen molar-refractivity contribution in [1.29, 1.82) is 0 Å². The molecular formula is C18H28N2O3. The first-order valence-electron chi connectivity index (χ1n) is 8.48. The van der Waals surface area contributed by atoms with E-state index in [0.717, 1.165) is 50.2 Å². The molecule has 0 aromatic heterocycles. The second-order valence-electron chi connectivity index (χ2n) is 6.08. The second kappa shape index (κ2) is 8.65. The summed E-state index contributed by atoms with van der Waals surface area (Å²) >= 11 is 0. The third-order valence-corrected chi connectivity index (χ3v) is 4.40. The number of nitrogen functional groups attached to an aromatic ring is 1. The van der Waals surface area contributed by atoms with E-state index in [0.29, 0.717) is 24.6 Å². The fourth-order valence-electron chi connectivity index (χ4n) is 3.19. The molecule has 0 bridgehead atoms. The lowest BCUT2D eigenvalue weighted by atomic mass is 9.93. The van der Waals surface area contributed by atoms with Gasteiger partial charge in [0.15, 0.2) is 0 Å². The van der Waals surface area contributed by atoms with Crippen molar-refractivity contribution in [1.82, 2.24) is 0 Å². The van der Waals surface area contributed by atoms with Crippen LogP contribution >= 0.6 is 0 Å². The number of carbonyl (C=O) groups excluding carboxylic acids is 1. The molecule has 1 aromatic rings. The Morgan fingerprint density at radius 2 is 2.13 bits per heavy atom. The SMILES string of the molecule is CCOC(=O)CC1CCCCN(c2ccc(N)cc2OC)CC1. The van der Waals surface area contributed by atoms with Crippen molar-refractivity contribution < 1.29 is 14.3 Å². The van der Waals surface area contributed by atoms with Gasteiger partial charge in [-0.25, -0.2) is 0 Å². The predicted octanol–water partition coefficient (Wildman–Crippen LogP) is 3.23. The van der Waals surface area contributed by atoms with Gasteiger partial charge < -0.3 is 20.1 Å². The van der Waals surface area contributed by atoms with E-state index in [2.05, 4.69) is 4.90 Å². The van der Waals surface area contributed by atoms with E-state index in [-0.39, 0.29) is 5.97 Å². The van der Waals surface area contributed by atoms with E-state index in [4.69, 9.17) is 15.2 Å². The van der Waals surface area contributed by atoms with Gasteiger partial charge in [-0.3, -0.25) is 4.79 Å². The van der Waals surface area contributed by atoms with E-state index < -0.39 is 0 Å². The Balaban J connectivity index is 2.03. The Morgan fingerprint density at radius 3 is 2.87 bits per heavy atom. The summed E-state index contributed by atoms with van der Waals surface area (Å²) in [5.41, 5.74) is 7.63. The van der Waals surface area contributed by atoms with Gasteiger partial charge in [0.05, 0.1) is 19.4 Å². The van der Waals surface area contributed by atoms with Crippen LogP contribution in [0.5, 0.6) is 5.75 Å². The molecule has 1 aromatic carbocycles. The lowest BCUT2D eigenvalue weighted by Crippen LogP contribution is -2.30. The van der Waals surface area contributed by atoms with Crippen molar-refractivity contribution in [3.63, 3.8) is 0 Å². The average Bonchev–Trinajstić information content (AvgIpc) is 2.51. The first kappa shape index (κ1) is 17.4. The van der Waals surface area contributed by atoms with Crippen LogP contribution in [0.15, 0.2) is 18.2 Å². The summed E-state index contributed by atoms with van der Waals surface area (Å²) in [6, 6.07) is 5.80. The minimum atomic E-state index is -0.0744. The van der Waals surface area contributed by atoms with Gasteiger partial charge in [0.25, 0.3) is 0 Å². The van der Waals surface area contributed by atoms with Crippen LogP contribution in [0, 0.1) is 5.92 Å². The number of benzene rings is 1. The smallest absolute Gasteiger partial charge is 0.306 e. The highest BCUT2D eigenvalue weighted by Gasteiger charge is 2.20. The van der Waals surface area contributed by atoms with Gasteiger partial charge in [0.1, 0.15) is 5.75 Å². The number of methoxy groups -OCH3 is 1. The first-order chi connectivity index (χ1) is 11.1. The molecule has 2 rings (SSSR count). The van der Waals surface area contributed by atoms with E-state index in [9.17, 15) is 4.79 Å². The van der Waals surface area contributed by atoms with Crippen LogP contribution in [0.2, 0.25) is 0 Å². The summed E-state index contributed by atoms with van der Waals surface area (Å²) in [4.78, 5) is 14.1. The summed E-state index contributed by atoms with van der Waals surface area (Å²) in [6.07, 6.45) is 4.88. The van der Waals surface area contributed by atoms with Crippen LogP contribution < -0.4 is 15.4 Å². The molecule has 128 valence electrons. The van der Waals surface area contributed by atoms with Crippen molar-refractivity contribution in [2.45, 2.75) is 39.0 Å². The van der Waals surface area contributed by atoms with Crippen molar-refractivity contribution in [3.05, 3.63) is 18.2 Å². The van der Waals surface area contributed by atoms with Crippen molar-refractivity contribution >= 4 is 17.3 Å². The number of carbonyl (C=O) groups is 1. The molecule has 0 amide bonds. The Kier molecular flexibility index (Phi) is 6.56. The number of rotatable bonds is 5. The van der Waals surface area contributed by atoms with Gasteiger partial charge >= 0.3 is 5.97 Å². The lowest BCUT2D eigenvalue weighted by molar-refractivity contribution is -0.144. The van der Waals surface area contributed by atoms with Crippen LogP contribution in [0.1, 0.15) is 39.0 Å². The van der Waals surface area contributed by atoms with Crippen LogP contribution in [0.25, 0.3) is 0 Å². The maximum absolute atomic E-state index is 11.7. The number of esters is 1. The number of hydrogen-bond acceptors (Lipinski definition) is 5. The molecule has 1 fully saturated rings. The molecule has 5 heteroatoms. The lowest BCUT2D eigenvalue weighted by Gasteiger charge is -2.31. The van der Waals surface area contributed by atoms with Crippen LogP contribution in [-0.2, 0) is 9.53 Å². The maximum atomic E-state index is 11.7. The highest BCUT2D eigenvalue weighted by molar-refractivity contribution is 5.69. The van der Waals surface area contributed by atoms with Gasteiger partial charge in [-0.2, -0.15) is 0 Å². The molecule has 5 nitrogen and oxygen atoms in total. The summed E-state index contributed by atoms with van der Waals surface area (Å²) in [6.45, 7) is 4.24. The zero-order valence-corrected chi connectivity index (χ0v) is 14.2. The predicted molar refractivity (Wildman–Crippen MR) is 92.8 cm³/mol. The molecule has 1 heterocycles. The van der Waals surface area contributed by atoms with E-state index in [1.807, 2.05) is 25.1 Å². The minimum absolute atomic E-state index is 0.0744. The topological polar surface area (TPSA) is 64.8 Å². The summed E-state index contributed by atoms with van der Waals surface area (Å²) < 4.78 is 10.6. The molecule has 1 aliphatic rings. The Hall–Kier alpha value is -1.91. The Morgan fingerprint density at radius 1 is 1.30 bits per heavy atom. The zero-order valence-electron chi connectivity index (χ0n) is 14.2. The molecular weight excluding hydrogens is 292 g/mol. The van der Waals surface area contributed by atoms with Crippen LogP contribution in [-0.4, -0.2) is 32.8 Å². The van der Waals surface area contributed by atoms with Gasteiger partial charge in [-0.05, 0) is 44.2 Å². The molecule has 1 atom stereocenters. The molecule has 1 saturated heterocycles. The fraction of sp³-hybridized carbons (Fsp3) is 0.611. The molecule has 0 aliphatic carbocycles. The van der Waals surface area contributed by atoms with Crippen molar-refractivity contribution in [3.8, 4) is 5.75 Å². The first-order valence-corrected chi connectivity index (χ1v) is 8.48. The van der Waals surface area contributed by atoms with Crippen molar-refractivity contribution in [2.24, 2.45) is 5.92 Å². The Bertz CT molecular complexity index is 519. The highest BCUT2D eigenvalue weighted by atomic mass is 16.5. The largest absolute Gasteiger partial charge is 0.495 e. The van der Waals surface area contributed by atoms with Crippen LogP contribution in [0.3, 0.4) is 0 Å². The summed E-state index contributed by atoms with van der Waals surface area (Å²) in [5, 5.41) is 0. The molecule has 0 saturated carbocycles. The molecule has 23 heavy (non-hydrogen) atoms. The third-order valence-electron chi connectivity index (χ3n) is 4.40. The molecule has 1 aliphatic heterocycles. The third kappa shape index (κ3) is 5.05. The molecule has 2 N–H and O–H groups in total. The van der Waals surface area contributed by atoms with Gasteiger partial charge in [0.2, 0.25) is 0 Å².